The van der Waals surface area contributed by atoms with Crippen LogP contribution in [0, 0.1) is 0 Å². The normalized spacial score (nSPS) is 11.8. The van der Waals surface area contributed by atoms with Gasteiger partial charge in [-0.1, -0.05) is 24.9 Å². The van der Waals surface area contributed by atoms with Gasteiger partial charge in [-0.3, -0.25) is 0 Å². The number of ether oxygens (including phenoxy) is 2. The van der Waals surface area contributed by atoms with E-state index in [1.54, 1.807) is 6.92 Å². The highest BCUT2D eigenvalue weighted by atomic mass is 35.5. The van der Waals surface area contributed by atoms with E-state index in [9.17, 15) is 9.59 Å². The average molecular weight is 303 g/mol. The number of benzene rings is 1. The highest BCUT2D eigenvalue weighted by Crippen LogP contribution is 2.35. The first-order chi connectivity index (χ1) is 9.40. The quantitative estimate of drug-likeness (QED) is 0.804. The highest BCUT2D eigenvalue weighted by molar-refractivity contribution is 6.31. The summed E-state index contributed by atoms with van der Waals surface area (Å²) in [6.45, 7) is 1.80. The van der Waals surface area contributed by atoms with E-state index in [0.717, 1.165) is 0 Å². The number of hydrogen-bond donors (Lipinski definition) is 2. The fourth-order valence-electron chi connectivity index (χ4n) is 1.64. The predicted molar refractivity (Wildman–Crippen MR) is 71.9 cm³/mol. The summed E-state index contributed by atoms with van der Waals surface area (Å²) in [5.74, 6) is -2.50. The summed E-state index contributed by atoms with van der Waals surface area (Å²) in [7, 11) is 1.32. The molecule has 0 radical (unpaired) electrons. The van der Waals surface area contributed by atoms with Crippen molar-refractivity contribution < 1.29 is 29.3 Å². The second kappa shape index (κ2) is 7.00. The molecule has 1 aromatic rings. The molecule has 6 nitrogen and oxygen atoms in total. The van der Waals surface area contributed by atoms with E-state index in [1.165, 1.54) is 19.2 Å². The Balaban J connectivity index is 3.26. The summed E-state index contributed by atoms with van der Waals surface area (Å²) in [6.07, 6.45) is -0.316. The SMILES string of the molecule is CCCC(Oc1c(OC)cc(Cl)cc1C(=O)O)C(=O)O. The van der Waals surface area contributed by atoms with Crippen molar-refractivity contribution in [2.45, 2.75) is 25.9 Å². The van der Waals surface area contributed by atoms with E-state index < -0.39 is 18.0 Å². The van der Waals surface area contributed by atoms with E-state index in [0.29, 0.717) is 6.42 Å². The van der Waals surface area contributed by atoms with E-state index >= 15 is 0 Å². The topological polar surface area (TPSA) is 93.1 Å². The number of halogens is 1. The number of carbonyl (C=O) groups is 2. The maximum atomic E-state index is 11.2. The molecule has 0 spiro atoms. The van der Waals surface area contributed by atoms with Crippen molar-refractivity contribution in [3.63, 3.8) is 0 Å². The maximum Gasteiger partial charge on any atom is 0.344 e. The fraction of sp³-hybridized carbons (Fsp3) is 0.385. The molecule has 0 amide bonds. The molecule has 0 fully saturated rings. The molecular formula is C13H15ClO6. The minimum absolute atomic E-state index is 0.0808. The molecule has 0 aliphatic rings. The minimum atomic E-state index is -1.28. The average Bonchev–Trinajstić information content (AvgIpc) is 2.38. The molecule has 0 aliphatic carbocycles. The molecule has 20 heavy (non-hydrogen) atoms. The van der Waals surface area contributed by atoms with Gasteiger partial charge in [0.15, 0.2) is 17.6 Å². The van der Waals surface area contributed by atoms with Crippen LogP contribution in [0.25, 0.3) is 0 Å². The molecule has 110 valence electrons. The summed E-state index contributed by atoms with van der Waals surface area (Å²) in [5.41, 5.74) is -0.239. The van der Waals surface area contributed by atoms with Gasteiger partial charge in [-0.05, 0) is 12.5 Å². The van der Waals surface area contributed by atoms with Crippen LogP contribution in [0.1, 0.15) is 30.1 Å². The summed E-state index contributed by atoms with van der Waals surface area (Å²) in [6, 6.07) is 2.56. The summed E-state index contributed by atoms with van der Waals surface area (Å²) < 4.78 is 10.3. The van der Waals surface area contributed by atoms with Gasteiger partial charge in [0.05, 0.1) is 7.11 Å². The number of carboxylic acid groups (broad SMARTS) is 2. The molecule has 0 bridgehead atoms. The van der Waals surface area contributed by atoms with Crippen molar-refractivity contribution in [2.24, 2.45) is 0 Å². The molecule has 1 aromatic carbocycles. The molecule has 1 rings (SSSR count). The molecule has 1 atom stereocenters. The zero-order valence-corrected chi connectivity index (χ0v) is 11.8. The van der Waals surface area contributed by atoms with Gasteiger partial charge in [-0.2, -0.15) is 0 Å². The molecule has 0 saturated carbocycles. The Morgan fingerprint density at radius 2 is 2.00 bits per heavy atom. The Kier molecular flexibility index (Phi) is 5.64. The zero-order chi connectivity index (χ0) is 15.3. The Labute approximate surface area is 120 Å². The monoisotopic (exact) mass is 302 g/mol. The second-order valence-corrected chi connectivity index (χ2v) is 4.46. The van der Waals surface area contributed by atoms with E-state index in [-0.39, 0.29) is 28.5 Å². The van der Waals surface area contributed by atoms with Crippen LogP contribution in [-0.4, -0.2) is 35.4 Å². The van der Waals surface area contributed by atoms with Crippen molar-refractivity contribution in [3.05, 3.63) is 22.7 Å². The largest absolute Gasteiger partial charge is 0.493 e. The van der Waals surface area contributed by atoms with Gasteiger partial charge in [-0.15, -0.1) is 0 Å². The zero-order valence-electron chi connectivity index (χ0n) is 11.1. The van der Waals surface area contributed by atoms with Crippen LogP contribution in [0.15, 0.2) is 12.1 Å². The summed E-state index contributed by atoms with van der Waals surface area (Å²) in [5, 5.41) is 18.4. The number of methoxy groups -OCH3 is 1. The van der Waals surface area contributed by atoms with Gasteiger partial charge in [0, 0.05) is 11.1 Å². The molecule has 0 aromatic heterocycles. The molecule has 7 heteroatoms. The van der Waals surface area contributed by atoms with Crippen LogP contribution >= 0.6 is 11.6 Å². The first kappa shape index (κ1) is 16.1. The highest BCUT2D eigenvalue weighted by Gasteiger charge is 2.25. The lowest BCUT2D eigenvalue weighted by Crippen LogP contribution is -2.27. The van der Waals surface area contributed by atoms with Gasteiger partial charge in [0.1, 0.15) is 5.56 Å². The number of rotatable bonds is 7. The van der Waals surface area contributed by atoms with Gasteiger partial charge in [0.25, 0.3) is 0 Å². The molecule has 2 N–H and O–H groups in total. The minimum Gasteiger partial charge on any atom is -0.493 e. The Morgan fingerprint density at radius 3 is 2.45 bits per heavy atom. The molecule has 0 aliphatic heterocycles. The van der Waals surface area contributed by atoms with Crippen LogP contribution in [0.5, 0.6) is 11.5 Å². The summed E-state index contributed by atoms with van der Waals surface area (Å²) >= 11 is 5.79. The Bertz CT molecular complexity index is 514. The Hall–Kier alpha value is -1.95. The van der Waals surface area contributed by atoms with Gasteiger partial charge in [0.2, 0.25) is 0 Å². The third-order valence-electron chi connectivity index (χ3n) is 2.56. The van der Waals surface area contributed by atoms with Crippen LogP contribution in [0.2, 0.25) is 5.02 Å². The second-order valence-electron chi connectivity index (χ2n) is 4.02. The van der Waals surface area contributed by atoms with E-state index in [2.05, 4.69) is 0 Å². The van der Waals surface area contributed by atoms with Crippen molar-refractivity contribution in [2.75, 3.05) is 7.11 Å². The lowest BCUT2D eigenvalue weighted by atomic mass is 10.1. The third kappa shape index (κ3) is 3.77. The Morgan fingerprint density at radius 1 is 1.35 bits per heavy atom. The molecule has 1 unspecified atom stereocenters. The fourth-order valence-corrected chi connectivity index (χ4v) is 1.85. The first-order valence-electron chi connectivity index (χ1n) is 5.91. The van der Waals surface area contributed by atoms with Crippen LogP contribution in [0.3, 0.4) is 0 Å². The van der Waals surface area contributed by atoms with Crippen molar-refractivity contribution in [1.29, 1.82) is 0 Å². The van der Waals surface area contributed by atoms with Crippen LogP contribution in [0.4, 0.5) is 0 Å². The van der Waals surface area contributed by atoms with Crippen molar-refractivity contribution in [1.82, 2.24) is 0 Å². The van der Waals surface area contributed by atoms with Gasteiger partial charge >= 0.3 is 11.9 Å². The summed E-state index contributed by atoms with van der Waals surface area (Å²) in [4.78, 5) is 22.3. The number of hydrogen-bond acceptors (Lipinski definition) is 4. The number of aliphatic carboxylic acids is 1. The predicted octanol–water partition coefficient (Wildman–Crippen LogP) is 2.68. The molecule has 0 saturated heterocycles. The standard InChI is InChI=1S/C13H15ClO6/c1-3-4-9(13(17)18)20-11-8(12(15)16)5-7(14)6-10(11)19-2/h5-6,9H,3-4H2,1-2H3,(H,15,16)(H,17,18). The number of carboxylic acids is 2. The van der Waals surface area contributed by atoms with E-state index in [1.807, 2.05) is 0 Å². The van der Waals surface area contributed by atoms with Crippen molar-refractivity contribution in [3.8, 4) is 11.5 Å². The van der Waals surface area contributed by atoms with E-state index in [4.69, 9.17) is 31.3 Å². The van der Waals surface area contributed by atoms with Crippen molar-refractivity contribution >= 4 is 23.5 Å². The maximum absolute atomic E-state index is 11.2. The number of aromatic carboxylic acids is 1. The lowest BCUT2D eigenvalue weighted by Gasteiger charge is -2.18. The van der Waals surface area contributed by atoms with Crippen LogP contribution < -0.4 is 9.47 Å². The van der Waals surface area contributed by atoms with Crippen LogP contribution in [-0.2, 0) is 4.79 Å². The van der Waals surface area contributed by atoms with Gasteiger partial charge < -0.3 is 19.7 Å². The first-order valence-corrected chi connectivity index (χ1v) is 6.28. The van der Waals surface area contributed by atoms with Gasteiger partial charge in [-0.25, -0.2) is 9.59 Å². The smallest absolute Gasteiger partial charge is 0.344 e. The molecular weight excluding hydrogens is 288 g/mol. The molecule has 0 heterocycles. The third-order valence-corrected chi connectivity index (χ3v) is 2.77. The lowest BCUT2D eigenvalue weighted by molar-refractivity contribution is -0.145.